The van der Waals surface area contributed by atoms with Crippen molar-refractivity contribution in [3.05, 3.63) is 69.1 Å². The number of benzene rings is 2. The zero-order valence-corrected chi connectivity index (χ0v) is 17.2. The van der Waals surface area contributed by atoms with Crippen LogP contribution in [0.5, 0.6) is 5.75 Å². The summed E-state index contributed by atoms with van der Waals surface area (Å²) in [6.45, 7) is 3.51. The molecule has 1 aliphatic heterocycles. The molecule has 0 atom stereocenters. The van der Waals surface area contributed by atoms with Gasteiger partial charge >= 0.3 is 0 Å². The zero-order chi connectivity index (χ0) is 21.8. The molecule has 2 aromatic carbocycles. The van der Waals surface area contributed by atoms with Crippen molar-refractivity contribution in [2.75, 3.05) is 17.3 Å². The van der Waals surface area contributed by atoms with E-state index in [2.05, 4.69) is 0 Å². The second-order valence-corrected chi connectivity index (χ2v) is 7.77. The Hall–Kier alpha value is -3.17. The zero-order valence-electron chi connectivity index (χ0n) is 16.4. The lowest BCUT2D eigenvalue weighted by Crippen LogP contribution is -2.32. The van der Waals surface area contributed by atoms with Gasteiger partial charge in [-0.1, -0.05) is 12.1 Å². The molecular weight excluding hydrogens is 408 g/mol. The third-order valence-corrected chi connectivity index (χ3v) is 5.27. The van der Waals surface area contributed by atoms with E-state index in [9.17, 15) is 24.8 Å². The van der Waals surface area contributed by atoms with Crippen molar-refractivity contribution in [1.82, 2.24) is 0 Å². The summed E-state index contributed by atoms with van der Waals surface area (Å²) in [6, 6.07) is 12.2. The number of aliphatic hydroxyl groups excluding tert-OH is 1. The molecule has 2 amide bonds. The van der Waals surface area contributed by atoms with Gasteiger partial charge in [-0.15, -0.1) is 11.8 Å². The number of amides is 2. The fraction of sp³-hybridized carbons (Fsp3) is 0.238. The number of aliphatic hydroxyl groups is 1. The predicted octanol–water partition coefficient (Wildman–Crippen LogP) is 3.39. The Balaban J connectivity index is 2.07. The van der Waals surface area contributed by atoms with Crippen LogP contribution in [0.15, 0.2) is 53.4 Å². The van der Waals surface area contributed by atoms with E-state index in [0.29, 0.717) is 17.0 Å². The van der Waals surface area contributed by atoms with Gasteiger partial charge in [0.1, 0.15) is 5.75 Å². The standard InChI is InChI=1S/C21H20N2O6S/c1-13(2)29-17-6-4-3-5-16(17)22-20(25)18(19(21(22)26)30-12-11-24)14-7-9-15(10-8-14)23(27)28/h3-10,13,24H,11-12H2,1-2H3. The maximum atomic E-state index is 13.3. The topological polar surface area (TPSA) is 110 Å². The Morgan fingerprint density at radius 2 is 1.77 bits per heavy atom. The summed E-state index contributed by atoms with van der Waals surface area (Å²) >= 11 is 1.07. The summed E-state index contributed by atoms with van der Waals surface area (Å²) in [4.78, 5) is 38.2. The number of carbonyl (C=O) groups excluding carboxylic acids is 2. The highest BCUT2D eigenvalue weighted by Gasteiger charge is 2.41. The first-order chi connectivity index (χ1) is 14.3. The van der Waals surface area contributed by atoms with Gasteiger partial charge in [0.15, 0.2) is 0 Å². The number of imide groups is 1. The largest absolute Gasteiger partial charge is 0.489 e. The van der Waals surface area contributed by atoms with Crippen LogP contribution in [-0.2, 0) is 9.59 Å². The smallest absolute Gasteiger partial charge is 0.272 e. The Morgan fingerprint density at radius 1 is 1.10 bits per heavy atom. The second-order valence-electron chi connectivity index (χ2n) is 6.66. The summed E-state index contributed by atoms with van der Waals surface area (Å²) in [5.41, 5.74) is 0.741. The van der Waals surface area contributed by atoms with Crippen molar-refractivity contribution in [3.8, 4) is 5.75 Å². The number of nitrogens with zero attached hydrogens (tertiary/aromatic N) is 2. The molecule has 0 spiro atoms. The lowest BCUT2D eigenvalue weighted by molar-refractivity contribution is -0.384. The normalized spacial score (nSPS) is 14.1. The highest BCUT2D eigenvalue weighted by atomic mass is 32.2. The summed E-state index contributed by atoms with van der Waals surface area (Å²) < 4.78 is 5.77. The Labute approximate surface area is 177 Å². The maximum absolute atomic E-state index is 13.3. The molecule has 2 aromatic rings. The minimum Gasteiger partial charge on any atom is -0.489 e. The first-order valence-electron chi connectivity index (χ1n) is 9.22. The van der Waals surface area contributed by atoms with Crippen molar-refractivity contribution in [1.29, 1.82) is 0 Å². The van der Waals surface area contributed by atoms with Crippen molar-refractivity contribution in [2.24, 2.45) is 0 Å². The van der Waals surface area contributed by atoms with Gasteiger partial charge in [-0.25, -0.2) is 4.90 Å². The molecule has 3 rings (SSSR count). The van der Waals surface area contributed by atoms with Crippen LogP contribution in [-0.4, -0.2) is 40.3 Å². The molecule has 1 aliphatic rings. The van der Waals surface area contributed by atoms with Crippen molar-refractivity contribution in [2.45, 2.75) is 20.0 Å². The van der Waals surface area contributed by atoms with E-state index in [0.717, 1.165) is 16.7 Å². The Kier molecular flexibility index (Phi) is 6.53. The van der Waals surface area contributed by atoms with Crippen LogP contribution >= 0.6 is 11.8 Å². The lowest BCUT2D eigenvalue weighted by Gasteiger charge is -2.20. The fourth-order valence-electron chi connectivity index (χ4n) is 3.01. The number of hydrogen-bond donors (Lipinski definition) is 1. The van der Waals surface area contributed by atoms with E-state index >= 15 is 0 Å². The van der Waals surface area contributed by atoms with Gasteiger partial charge in [-0.2, -0.15) is 0 Å². The van der Waals surface area contributed by atoms with E-state index in [1.54, 1.807) is 24.3 Å². The summed E-state index contributed by atoms with van der Waals surface area (Å²) in [6.07, 6.45) is -0.163. The van der Waals surface area contributed by atoms with Crippen LogP contribution < -0.4 is 9.64 Å². The molecule has 156 valence electrons. The molecule has 0 aromatic heterocycles. The monoisotopic (exact) mass is 428 g/mol. The molecule has 0 fully saturated rings. The number of nitro groups is 1. The van der Waals surface area contributed by atoms with Crippen LogP contribution in [0, 0.1) is 10.1 Å². The summed E-state index contributed by atoms with van der Waals surface area (Å²) in [7, 11) is 0. The fourth-order valence-corrected chi connectivity index (χ4v) is 3.87. The molecule has 0 radical (unpaired) electrons. The predicted molar refractivity (Wildman–Crippen MR) is 114 cm³/mol. The van der Waals surface area contributed by atoms with Gasteiger partial charge in [0.2, 0.25) is 0 Å². The number of ether oxygens (including phenoxy) is 1. The van der Waals surface area contributed by atoms with E-state index in [4.69, 9.17) is 4.74 Å². The van der Waals surface area contributed by atoms with E-state index in [1.807, 2.05) is 13.8 Å². The van der Waals surface area contributed by atoms with Crippen LogP contribution in [0.3, 0.4) is 0 Å². The number of nitro benzene ring substituents is 1. The highest BCUT2D eigenvalue weighted by molar-refractivity contribution is 8.04. The van der Waals surface area contributed by atoms with Gasteiger partial charge in [0.25, 0.3) is 17.5 Å². The SMILES string of the molecule is CC(C)Oc1ccccc1N1C(=O)C(SCCO)=C(c2ccc([N+](=O)[O-])cc2)C1=O. The highest BCUT2D eigenvalue weighted by Crippen LogP contribution is 2.41. The molecule has 30 heavy (non-hydrogen) atoms. The average Bonchev–Trinajstić information content (AvgIpc) is 2.96. The number of non-ortho nitro benzene ring substituents is 1. The number of carbonyl (C=O) groups is 2. The summed E-state index contributed by atoms with van der Waals surface area (Å²) in [5.74, 6) is -0.450. The number of para-hydroxylation sites is 2. The number of thioether (sulfide) groups is 1. The molecule has 0 unspecified atom stereocenters. The Bertz CT molecular complexity index is 1020. The maximum Gasteiger partial charge on any atom is 0.272 e. The molecule has 0 saturated carbocycles. The van der Waals surface area contributed by atoms with Crippen molar-refractivity contribution in [3.63, 3.8) is 0 Å². The molecule has 1 heterocycles. The summed E-state index contributed by atoms with van der Waals surface area (Å²) in [5, 5.41) is 20.1. The molecular formula is C21H20N2O6S. The average molecular weight is 428 g/mol. The van der Waals surface area contributed by atoms with Crippen LogP contribution in [0.4, 0.5) is 11.4 Å². The van der Waals surface area contributed by atoms with E-state index in [-0.39, 0.29) is 34.6 Å². The molecule has 9 heteroatoms. The first-order valence-corrected chi connectivity index (χ1v) is 10.2. The molecule has 0 aliphatic carbocycles. The third kappa shape index (κ3) is 4.22. The van der Waals surface area contributed by atoms with Crippen molar-refractivity contribution >= 4 is 40.5 Å². The molecule has 0 saturated heterocycles. The third-order valence-electron chi connectivity index (χ3n) is 4.21. The molecule has 0 bridgehead atoms. The molecule has 8 nitrogen and oxygen atoms in total. The van der Waals surface area contributed by atoms with Crippen molar-refractivity contribution < 1.29 is 24.4 Å². The van der Waals surface area contributed by atoms with Crippen LogP contribution in [0.1, 0.15) is 19.4 Å². The Morgan fingerprint density at radius 3 is 2.37 bits per heavy atom. The van der Waals surface area contributed by atoms with Gasteiger partial charge in [-0.3, -0.25) is 19.7 Å². The quantitative estimate of drug-likeness (QED) is 0.390. The minimum absolute atomic E-state index is 0.117. The number of rotatable bonds is 8. The van der Waals surface area contributed by atoms with Gasteiger partial charge < -0.3 is 9.84 Å². The first kappa shape index (κ1) is 21.5. The van der Waals surface area contributed by atoms with Gasteiger partial charge in [0.05, 0.1) is 33.8 Å². The number of hydrogen-bond acceptors (Lipinski definition) is 7. The number of anilines is 1. The van der Waals surface area contributed by atoms with Crippen LogP contribution in [0.25, 0.3) is 5.57 Å². The molecule has 1 N–H and O–H groups in total. The lowest BCUT2D eigenvalue weighted by atomic mass is 10.1. The van der Waals surface area contributed by atoms with E-state index < -0.39 is 16.7 Å². The van der Waals surface area contributed by atoms with Crippen LogP contribution in [0.2, 0.25) is 0 Å². The van der Waals surface area contributed by atoms with Gasteiger partial charge in [0, 0.05) is 17.9 Å². The second kappa shape index (κ2) is 9.10. The minimum atomic E-state index is -0.547. The van der Waals surface area contributed by atoms with Gasteiger partial charge in [-0.05, 0) is 43.7 Å². The van der Waals surface area contributed by atoms with E-state index in [1.165, 1.54) is 24.3 Å².